The van der Waals surface area contributed by atoms with Crippen LogP contribution in [0.5, 0.6) is 0 Å². The molecule has 7 nitrogen and oxygen atoms in total. The summed E-state index contributed by atoms with van der Waals surface area (Å²) >= 11 is 0. The van der Waals surface area contributed by atoms with Crippen LogP contribution in [0.2, 0.25) is 0 Å². The Bertz CT molecular complexity index is 912. The molecule has 1 aromatic heterocycles. The molecular formula is C21H28N4O3. The molecule has 2 N–H and O–H groups in total. The van der Waals surface area contributed by atoms with Gasteiger partial charge in [-0.1, -0.05) is 32.0 Å². The zero-order valence-corrected chi connectivity index (χ0v) is 17.0. The summed E-state index contributed by atoms with van der Waals surface area (Å²) in [7, 11) is 1.87. The number of aryl methyl sites for hydroxylation is 1. The highest BCUT2D eigenvalue weighted by Crippen LogP contribution is 2.42. The lowest BCUT2D eigenvalue weighted by molar-refractivity contribution is -0.0771. The summed E-state index contributed by atoms with van der Waals surface area (Å²) in [5.74, 6) is 0.184. The van der Waals surface area contributed by atoms with Crippen molar-refractivity contribution in [2.75, 3.05) is 12.4 Å². The molecule has 1 aliphatic heterocycles. The Morgan fingerprint density at radius 1 is 1.32 bits per heavy atom. The van der Waals surface area contributed by atoms with Crippen LogP contribution in [-0.2, 0) is 4.74 Å². The predicted octanol–water partition coefficient (Wildman–Crippen LogP) is 2.73. The van der Waals surface area contributed by atoms with E-state index in [1.54, 1.807) is 30.5 Å². The Morgan fingerprint density at radius 2 is 2.00 bits per heavy atom. The van der Waals surface area contributed by atoms with Crippen molar-refractivity contribution in [2.45, 2.75) is 52.0 Å². The third-order valence-electron chi connectivity index (χ3n) is 5.91. The molecular weight excluding hydrogens is 356 g/mol. The number of hydrogen-bond donors (Lipinski definition) is 2. The van der Waals surface area contributed by atoms with Gasteiger partial charge in [-0.05, 0) is 39.4 Å². The van der Waals surface area contributed by atoms with E-state index in [0.717, 1.165) is 6.42 Å². The normalized spacial score (nSPS) is 27.0. The van der Waals surface area contributed by atoms with E-state index in [2.05, 4.69) is 36.4 Å². The molecule has 7 heteroatoms. The Labute approximate surface area is 165 Å². The molecule has 0 saturated carbocycles. The number of benzene rings is 1. The standard InChI is InChI=1S/C21H28N4O3/c1-6-21(4)14(3)16(22-5)19(28-21)25-12-13(2)17(24-20(25)27)23-18(26)15-10-8-7-9-11-15/h7-12,14,16,19,22H,6H2,1-5H3,(H,23,24,26,27)/t14-,16+,19+,21+/m0/s1. The van der Waals surface area contributed by atoms with Gasteiger partial charge in [-0.15, -0.1) is 0 Å². The first kappa shape index (κ1) is 20.2. The zero-order valence-electron chi connectivity index (χ0n) is 17.0. The number of ether oxygens (including phenoxy) is 1. The van der Waals surface area contributed by atoms with Crippen LogP contribution in [-0.4, -0.2) is 34.1 Å². The highest BCUT2D eigenvalue weighted by molar-refractivity contribution is 6.03. The van der Waals surface area contributed by atoms with Crippen LogP contribution in [0.1, 0.15) is 49.3 Å². The fourth-order valence-corrected chi connectivity index (χ4v) is 3.76. The highest BCUT2D eigenvalue weighted by atomic mass is 16.5. The average Bonchev–Trinajstić information content (AvgIpc) is 2.96. The topological polar surface area (TPSA) is 85.2 Å². The number of rotatable bonds is 5. The molecule has 1 fully saturated rings. The van der Waals surface area contributed by atoms with Gasteiger partial charge in [-0.3, -0.25) is 9.36 Å². The quantitative estimate of drug-likeness (QED) is 0.828. The van der Waals surface area contributed by atoms with Crippen LogP contribution >= 0.6 is 0 Å². The average molecular weight is 384 g/mol. The number of nitrogens with zero attached hydrogens (tertiary/aromatic N) is 2. The first-order valence-electron chi connectivity index (χ1n) is 9.62. The zero-order chi connectivity index (χ0) is 20.5. The number of hydrogen-bond acceptors (Lipinski definition) is 5. The summed E-state index contributed by atoms with van der Waals surface area (Å²) in [4.78, 5) is 29.3. The summed E-state index contributed by atoms with van der Waals surface area (Å²) in [6.07, 6.45) is 2.09. The minimum atomic E-state index is -0.456. The molecule has 2 aromatic rings. The van der Waals surface area contributed by atoms with Crippen molar-refractivity contribution in [3.8, 4) is 0 Å². The van der Waals surface area contributed by atoms with E-state index in [9.17, 15) is 9.59 Å². The van der Waals surface area contributed by atoms with E-state index in [1.165, 1.54) is 4.57 Å². The van der Waals surface area contributed by atoms with Crippen LogP contribution < -0.4 is 16.3 Å². The third-order valence-corrected chi connectivity index (χ3v) is 5.91. The van der Waals surface area contributed by atoms with E-state index in [-0.39, 0.29) is 29.3 Å². The van der Waals surface area contributed by atoms with Crippen molar-refractivity contribution < 1.29 is 9.53 Å². The Hall–Kier alpha value is -2.51. The lowest BCUT2D eigenvalue weighted by Gasteiger charge is -2.27. The maximum atomic E-state index is 12.8. The Kier molecular flexibility index (Phi) is 5.67. The second-order valence-electron chi connectivity index (χ2n) is 7.56. The minimum Gasteiger partial charge on any atom is -0.350 e. The van der Waals surface area contributed by atoms with E-state index < -0.39 is 11.9 Å². The summed E-state index contributed by atoms with van der Waals surface area (Å²) in [6, 6.07) is 8.81. The first-order chi connectivity index (χ1) is 13.3. The summed E-state index contributed by atoms with van der Waals surface area (Å²) < 4.78 is 7.82. The second-order valence-corrected chi connectivity index (χ2v) is 7.56. The third kappa shape index (κ3) is 3.59. The van der Waals surface area contributed by atoms with Crippen molar-refractivity contribution in [1.82, 2.24) is 14.9 Å². The van der Waals surface area contributed by atoms with Gasteiger partial charge in [0.1, 0.15) is 5.82 Å². The van der Waals surface area contributed by atoms with Crippen molar-refractivity contribution in [3.05, 3.63) is 58.1 Å². The van der Waals surface area contributed by atoms with Crippen molar-refractivity contribution >= 4 is 11.7 Å². The Balaban J connectivity index is 1.90. The largest absolute Gasteiger partial charge is 0.351 e. The fourth-order valence-electron chi connectivity index (χ4n) is 3.76. The van der Waals surface area contributed by atoms with Gasteiger partial charge in [-0.2, -0.15) is 4.98 Å². The van der Waals surface area contributed by atoms with Gasteiger partial charge >= 0.3 is 5.69 Å². The van der Waals surface area contributed by atoms with Gasteiger partial charge in [0, 0.05) is 23.2 Å². The molecule has 0 bridgehead atoms. The number of anilines is 1. The first-order valence-corrected chi connectivity index (χ1v) is 9.62. The lowest BCUT2D eigenvalue weighted by Crippen LogP contribution is -2.41. The van der Waals surface area contributed by atoms with Gasteiger partial charge in [-0.25, -0.2) is 4.79 Å². The molecule has 28 heavy (non-hydrogen) atoms. The maximum Gasteiger partial charge on any atom is 0.351 e. The van der Waals surface area contributed by atoms with Crippen molar-refractivity contribution in [1.29, 1.82) is 0 Å². The molecule has 0 aliphatic carbocycles. The van der Waals surface area contributed by atoms with Crippen LogP contribution in [0, 0.1) is 12.8 Å². The van der Waals surface area contributed by atoms with E-state index in [1.807, 2.05) is 20.0 Å². The molecule has 1 aliphatic rings. The summed E-state index contributed by atoms with van der Waals surface area (Å²) in [5.41, 5.74) is 0.424. The van der Waals surface area contributed by atoms with Crippen LogP contribution in [0.25, 0.3) is 0 Å². The number of nitrogens with one attached hydrogen (secondary N) is 2. The molecule has 1 aromatic carbocycles. The summed E-state index contributed by atoms with van der Waals surface area (Å²) in [5, 5.41) is 6.01. The molecule has 2 heterocycles. The minimum absolute atomic E-state index is 0.0198. The van der Waals surface area contributed by atoms with Gasteiger partial charge in [0.05, 0.1) is 11.6 Å². The number of amides is 1. The van der Waals surface area contributed by atoms with Gasteiger partial charge in [0.15, 0.2) is 6.23 Å². The molecule has 1 amide bonds. The molecule has 4 atom stereocenters. The molecule has 0 unspecified atom stereocenters. The van der Waals surface area contributed by atoms with E-state index >= 15 is 0 Å². The SMILES string of the molecule is CC[C@@]1(C)O[C@@H](n2cc(C)c(NC(=O)c3ccccc3)nc2=O)[C@H](NC)[C@@H]1C. The number of aromatic nitrogens is 2. The monoisotopic (exact) mass is 384 g/mol. The summed E-state index contributed by atoms with van der Waals surface area (Å²) in [6.45, 7) is 8.10. The van der Waals surface area contributed by atoms with Gasteiger partial charge in [0.2, 0.25) is 0 Å². The fraction of sp³-hybridized carbons (Fsp3) is 0.476. The van der Waals surface area contributed by atoms with Crippen LogP contribution in [0.4, 0.5) is 5.82 Å². The van der Waals surface area contributed by atoms with Crippen LogP contribution in [0.3, 0.4) is 0 Å². The second kappa shape index (κ2) is 7.85. The van der Waals surface area contributed by atoms with Gasteiger partial charge in [0.25, 0.3) is 5.91 Å². The molecule has 1 saturated heterocycles. The number of likely N-dealkylation sites (N-methyl/N-ethyl adjacent to an activating group) is 1. The number of carbonyl (C=O) groups excluding carboxylic acids is 1. The van der Waals surface area contributed by atoms with Crippen molar-refractivity contribution in [3.63, 3.8) is 0 Å². The lowest BCUT2D eigenvalue weighted by atomic mass is 9.85. The molecule has 0 radical (unpaired) electrons. The maximum absolute atomic E-state index is 12.8. The van der Waals surface area contributed by atoms with Gasteiger partial charge < -0.3 is 15.4 Å². The smallest absolute Gasteiger partial charge is 0.350 e. The van der Waals surface area contributed by atoms with Crippen molar-refractivity contribution in [2.24, 2.45) is 5.92 Å². The van der Waals surface area contributed by atoms with E-state index in [0.29, 0.717) is 11.1 Å². The highest BCUT2D eigenvalue weighted by Gasteiger charge is 2.49. The number of carbonyl (C=O) groups is 1. The predicted molar refractivity (Wildman–Crippen MR) is 108 cm³/mol. The molecule has 0 spiro atoms. The molecule has 150 valence electrons. The molecule has 3 rings (SSSR count). The van der Waals surface area contributed by atoms with E-state index in [4.69, 9.17) is 4.74 Å². The Morgan fingerprint density at radius 3 is 2.61 bits per heavy atom. The van der Waals surface area contributed by atoms with Crippen LogP contribution in [0.15, 0.2) is 41.3 Å².